The van der Waals surface area contributed by atoms with Crippen molar-refractivity contribution in [2.75, 3.05) is 26.0 Å². The average Bonchev–Trinajstić information content (AvgIpc) is 3.03. The first-order valence-electron chi connectivity index (χ1n) is 10.00. The van der Waals surface area contributed by atoms with Crippen LogP contribution >= 0.6 is 11.8 Å². The third-order valence-corrected chi connectivity index (χ3v) is 6.22. The molecule has 0 saturated carbocycles. The van der Waals surface area contributed by atoms with Gasteiger partial charge in [-0.3, -0.25) is 14.5 Å². The number of benzene rings is 2. The number of methoxy groups -OCH3 is 1. The van der Waals surface area contributed by atoms with Crippen LogP contribution in [0.1, 0.15) is 23.6 Å². The van der Waals surface area contributed by atoms with E-state index in [0.29, 0.717) is 34.9 Å². The molecule has 4 amide bonds. The summed E-state index contributed by atoms with van der Waals surface area (Å²) in [6.45, 7) is 1.65. The van der Waals surface area contributed by atoms with Crippen LogP contribution in [0, 0.1) is 11.3 Å². The van der Waals surface area contributed by atoms with Gasteiger partial charge in [-0.1, -0.05) is 30.3 Å². The molecule has 2 N–H and O–H groups in total. The van der Waals surface area contributed by atoms with Crippen LogP contribution in [0.2, 0.25) is 0 Å². The summed E-state index contributed by atoms with van der Waals surface area (Å²) in [5.41, 5.74) is 0.952. The number of nitrogens with one attached hydrogen (secondary N) is 2. The number of hydrogen-bond acceptors (Lipinski definition) is 6. The van der Waals surface area contributed by atoms with E-state index in [1.54, 1.807) is 56.1 Å². The monoisotopic (exact) mass is 452 g/mol. The van der Waals surface area contributed by atoms with E-state index < -0.39 is 23.4 Å². The average molecular weight is 453 g/mol. The number of thioether (sulfide) groups is 1. The van der Waals surface area contributed by atoms with Gasteiger partial charge in [0.25, 0.3) is 5.91 Å². The van der Waals surface area contributed by atoms with Crippen LogP contribution < -0.4 is 15.4 Å². The highest BCUT2D eigenvalue weighted by molar-refractivity contribution is 7.98. The highest BCUT2D eigenvalue weighted by Crippen LogP contribution is 2.29. The van der Waals surface area contributed by atoms with E-state index in [1.165, 1.54) is 0 Å². The van der Waals surface area contributed by atoms with Gasteiger partial charge >= 0.3 is 6.03 Å². The molecule has 1 aliphatic heterocycles. The third kappa shape index (κ3) is 5.03. The summed E-state index contributed by atoms with van der Waals surface area (Å²) in [4.78, 5) is 38.5. The molecule has 1 atom stereocenters. The lowest BCUT2D eigenvalue weighted by Gasteiger charge is -2.22. The molecule has 1 heterocycles. The van der Waals surface area contributed by atoms with Gasteiger partial charge in [0.1, 0.15) is 17.8 Å². The number of imide groups is 1. The highest BCUT2D eigenvalue weighted by atomic mass is 32.2. The molecular formula is C23H24N4O4S. The number of hydrogen-bond donors (Lipinski definition) is 2. The molecule has 166 valence electrons. The second kappa shape index (κ2) is 10.2. The summed E-state index contributed by atoms with van der Waals surface area (Å²) in [6.07, 6.45) is 0. The van der Waals surface area contributed by atoms with E-state index in [-0.39, 0.29) is 6.54 Å². The Labute approximate surface area is 190 Å². The number of nitriles is 1. The topological polar surface area (TPSA) is 112 Å². The molecule has 1 unspecified atom stereocenters. The predicted molar refractivity (Wildman–Crippen MR) is 121 cm³/mol. The Bertz CT molecular complexity index is 1050. The van der Waals surface area contributed by atoms with E-state index in [0.717, 1.165) is 10.5 Å². The number of carbonyl (C=O) groups excluding carboxylic acids is 3. The largest absolute Gasteiger partial charge is 0.497 e. The van der Waals surface area contributed by atoms with E-state index in [2.05, 4.69) is 16.7 Å². The van der Waals surface area contributed by atoms with Gasteiger partial charge in [0.2, 0.25) is 5.91 Å². The van der Waals surface area contributed by atoms with Crippen molar-refractivity contribution in [2.45, 2.75) is 18.2 Å². The van der Waals surface area contributed by atoms with Gasteiger partial charge in [-0.05, 0) is 36.2 Å². The SMILES string of the molecule is COc1ccc(C2(C)NC(=O)N(CC(=O)NCCSCc3ccccc3C#N)C2=O)cc1. The first kappa shape index (κ1) is 23.2. The van der Waals surface area contributed by atoms with E-state index in [4.69, 9.17) is 10.00 Å². The number of urea groups is 1. The van der Waals surface area contributed by atoms with Crippen molar-refractivity contribution in [1.29, 1.82) is 5.26 Å². The van der Waals surface area contributed by atoms with Crippen molar-refractivity contribution in [1.82, 2.24) is 15.5 Å². The Kier molecular flexibility index (Phi) is 7.38. The number of ether oxygens (including phenoxy) is 1. The van der Waals surface area contributed by atoms with Gasteiger partial charge in [0.15, 0.2) is 0 Å². The molecule has 9 heteroatoms. The standard InChI is InChI=1S/C23H24N4O4S/c1-23(18-7-9-19(31-2)10-8-18)21(29)27(22(30)26-23)14-20(28)25-11-12-32-15-17-6-4-3-5-16(17)13-24/h3-10H,11-12,14-15H2,1-2H3,(H,25,28)(H,26,30). The van der Waals surface area contributed by atoms with E-state index in [1.807, 2.05) is 18.2 Å². The maximum Gasteiger partial charge on any atom is 0.325 e. The van der Waals surface area contributed by atoms with Crippen LogP contribution in [-0.2, 0) is 20.9 Å². The molecule has 0 spiro atoms. The molecule has 0 bridgehead atoms. The Morgan fingerprint density at radius 1 is 1.22 bits per heavy atom. The van der Waals surface area contributed by atoms with Gasteiger partial charge in [0.05, 0.1) is 18.7 Å². The number of rotatable bonds is 9. The van der Waals surface area contributed by atoms with Crippen LogP contribution in [0.25, 0.3) is 0 Å². The van der Waals surface area contributed by atoms with Crippen molar-refractivity contribution in [2.24, 2.45) is 0 Å². The van der Waals surface area contributed by atoms with Gasteiger partial charge in [0, 0.05) is 18.1 Å². The van der Waals surface area contributed by atoms with Crippen molar-refractivity contribution in [3.63, 3.8) is 0 Å². The lowest BCUT2D eigenvalue weighted by atomic mass is 9.92. The Morgan fingerprint density at radius 3 is 2.62 bits per heavy atom. The lowest BCUT2D eigenvalue weighted by molar-refractivity contribution is -0.134. The highest BCUT2D eigenvalue weighted by Gasteiger charge is 2.49. The number of amides is 4. The predicted octanol–water partition coefficient (Wildman–Crippen LogP) is 2.38. The fraction of sp³-hybridized carbons (Fsp3) is 0.304. The minimum Gasteiger partial charge on any atom is -0.497 e. The molecule has 1 saturated heterocycles. The van der Waals surface area contributed by atoms with Crippen LogP contribution in [0.4, 0.5) is 4.79 Å². The number of carbonyl (C=O) groups is 3. The second-order valence-electron chi connectivity index (χ2n) is 7.35. The maximum absolute atomic E-state index is 12.9. The summed E-state index contributed by atoms with van der Waals surface area (Å²) >= 11 is 1.59. The normalized spacial score (nSPS) is 17.6. The van der Waals surface area contributed by atoms with Crippen molar-refractivity contribution in [3.8, 4) is 11.8 Å². The molecule has 1 aliphatic rings. The second-order valence-corrected chi connectivity index (χ2v) is 8.45. The quantitative estimate of drug-likeness (QED) is 0.446. The first-order chi connectivity index (χ1) is 15.4. The number of nitrogens with zero attached hydrogens (tertiary/aromatic N) is 2. The lowest BCUT2D eigenvalue weighted by Crippen LogP contribution is -2.43. The summed E-state index contributed by atoms with van der Waals surface area (Å²) in [5.74, 6) is 1.04. The van der Waals surface area contributed by atoms with Gasteiger partial charge in [-0.2, -0.15) is 17.0 Å². The molecule has 0 aliphatic carbocycles. The third-order valence-electron chi connectivity index (χ3n) is 5.21. The van der Waals surface area contributed by atoms with Crippen LogP contribution in [0.3, 0.4) is 0 Å². The fourth-order valence-corrected chi connectivity index (χ4v) is 4.22. The zero-order chi connectivity index (χ0) is 23.1. The zero-order valence-corrected chi connectivity index (χ0v) is 18.7. The van der Waals surface area contributed by atoms with Crippen molar-refractivity contribution < 1.29 is 19.1 Å². The van der Waals surface area contributed by atoms with Crippen LogP contribution in [-0.4, -0.2) is 48.7 Å². The minimum atomic E-state index is -1.24. The molecule has 32 heavy (non-hydrogen) atoms. The van der Waals surface area contributed by atoms with E-state index in [9.17, 15) is 14.4 Å². The smallest absolute Gasteiger partial charge is 0.325 e. The Morgan fingerprint density at radius 2 is 1.94 bits per heavy atom. The van der Waals surface area contributed by atoms with Crippen LogP contribution in [0.5, 0.6) is 5.75 Å². The minimum absolute atomic E-state index is 0.349. The van der Waals surface area contributed by atoms with Crippen molar-refractivity contribution in [3.05, 3.63) is 65.2 Å². The summed E-state index contributed by atoms with van der Waals surface area (Å²) in [5, 5.41) is 14.5. The van der Waals surface area contributed by atoms with Gasteiger partial charge in [-0.25, -0.2) is 4.79 Å². The molecule has 2 aromatic carbocycles. The summed E-state index contributed by atoms with van der Waals surface area (Å²) in [7, 11) is 1.54. The summed E-state index contributed by atoms with van der Waals surface area (Å²) < 4.78 is 5.13. The Balaban J connectivity index is 1.49. The van der Waals surface area contributed by atoms with Crippen molar-refractivity contribution >= 4 is 29.6 Å². The fourth-order valence-electron chi connectivity index (χ4n) is 3.36. The molecule has 8 nitrogen and oxygen atoms in total. The van der Waals surface area contributed by atoms with Gasteiger partial charge in [-0.15, -0.1) is 0 Å². The molecule has 0 aromatic heterocycles. The molecule has 0 radical (unpaired) electrons. The summed E-state index contributed by atoms with van der Waals surface area (Å²) in [6, 6.07) is 15.8. The Hall–Kier alpha value is -3.51. The van der Waals surface area contributed by atoms with Gasteiger partial charge < -0.3 is 15.4 Å². The molecule has 1 fully saturated rings. The molecular weight excluding hydrogens is 428 g/mol. The first-order valence-corrected chi connectivity index (χ1v) is 11.2. The zero-order valence-electron chi connectivity index (χ0n) is 17.9. The molecule has 2 aromatic rings. The maximum atomic E-state index is 12.9. The van der Waals surface area contributed by atoms with E-state index >= 15 is 0 Å². The van der Waals surface area contributed by atoms with Crippen LogP contribution in [0.15, 0.2) is 48.5 Å². The molecule has 3 rings (SSSR count).